The third kappa shape index (κ3) is 3.68. The molecule has 0 aliphatic carbocycles. The van der Waals surface area contributed by atoms with E-state index in [9.17, 15) is 4.79 Å². The largest absolute Gasteiger partial charge is 0.337 e. The quantitative estimate of drug-likeness (QED) is 0.389. The van der Waals surface area contributed by atoms with E-state index in [1.54, 1.807) is 15.9 Å². The van der Waals surface area contributed by atoms with Crippen molar-refractivity contribution in [3.05, 3.63) is 52.7 Å². The summed E-state index contributed by atoms with van der Waals surface area (Å²) in [6, 6.07) is 9.69. The fourth-order valence-corrected chi connectivity index (χ4v) is 4.52. The molecule has 4 aromatic heterocycles. The van der Waals surface area contributed by atoms with Gasteiger partial charge in [-0.25, -0.2) is 14.5 Å². The fraction of sp³-hybridized carbons (Fsp3) is 0.190. The van der Waals surface area contributed by atoms with Crippen molar-refractivity contribution in [1.82, 2.24) is 29.5 Å². The van der Waals surface area contributed by atoms with E-state index in [-0.39, 0.29) is 12.3 Å². The maximum atomic E-state index is 12.8. The van der Waals surface area contributed by atoms with Crippen LogP contribution in [0.25, 0.3) is 27.5 Å². The van der Waals surface area contributed by atoms with E-state index in [0.717, 1.165) is 38.7 Å². The van der Waals surface area contributed by atoms with Gasteiger partial charge in [0.15, 0.2) is 0 Å². The number of carbonyl (C=O) groups excluding carboxylic acids is 1. The number of benzene rings is 1. The summed E-state index contributed by atoms with van der Waals surface area (Å²) < 4.78 is 1.70. The topological polar surface area (TPSA) is 101 Å². The number of fused-ring (bicyclic) bond motifs is 2. The molecule has 0 unspecified atom stereocenters. The maximum Gasteiger partial charge on any atom is 0.253 e. The SMILES string of the molecule is CSc1nc2nc(C)c(CC(=O)Nc3ccc4nc(-c5cccs5)[nH]c4c3)c(C)n2n1. The number of hydrogen-bond donors (Lipinski definition) is 2. The molecule has 8 nitrogen and oxygen atoms in total. The molecule has 2 N–H and O–H groups in total. The monoisotopic (exact) mass is 449 g/mol. The summed E-state index contributed by atoms with van der Waals surface area (Å²) >= 11 is 3.09. The first-order chi connectivity index (χ1) is 15.0. The molecule has 4 heterocycles. The predicted octanol–water partition coefficient (Wildman–Crippen LogP) is 4.25. The first-order valence-corrected chi connectivity index (χ1v) is 11.7. The van der Waals surface area contributed by atoms with Crippen LogP contribution >= 0.6 is 23.1 Å². The molecular formula is C21H19N7OS2. The van der Waals surface area contributed by atoms with Crippen LogP contribution in [0.3, 0.4) is 0 Å². The van der Waals surface area contributed by atoms with Crippen LogP contribution in [0.2, 0.25) is 0 Å². The lowest BCUT2D eigenvalue weighted by Gasteiger charge is -2.11. The Morgan fingerprint density at radius 1 is 1.23 bits per heavy atom. The van der Waals surface area contributed by atoms with Crippen LogP contribution in [0.1, 0.15) is 17.0 Å². The van der Waals surface area contributed by atoms with Crippen LogP contribution in [0.4, 0.5) is 5.69 Å². The lowest BCUT2D eigenvalue weighted by Crippen LogP contribution is -2.17. The average molecular weight is 450 g/mol. The van der Waals surface area contributed by atoms with Gasteiger partial charge in [-0.05, 0) is 49.7 Å². The zero-order valence-corrected chi connectivity index (χ0v) is 18.8. The van der Waals surface area contributed by atoms with Crippen molar-refractivity contribution in [3.63, 3.8) is 0 Å². The van der Waals surface area contributed by atoms with Gasteiger partial charge in [0.05, 0.1) is 22.3 Å². The van der Waals surface area contributed by atoms with E-state index < -0.39 is 0 Å². The van der Waals surface area contributed by atoms with Crippen molar-refractivity contribution >= 4 is 51.5 Å². The van der Waals surface area contributed by atoms with Gasteiger partial charge in [-0.3, -0.25) is 4.79 Å². The Hall–Kier alpha value is -3.24. The number of anilines is 1. The second kappa shape index (κ2) is 7.78. The van der Waals surface area contributed by atoms with E-state index in [0.29, 0.717) is 16.6 Å². The number of rotatable bonds is 5. The highest BCUT2D eigenvalue weighted by Gasteiger charge is 2.16. The fourth-order valence-electron chi connectivity index (χ4n) is 3.52. The van der Waals surface area contributed by atoms with Gasteiger partial charge in [-0.1, -0.05) is 17.8 Å². The number of nitrogens with one attached hydrogen (secondary N) is 2. The van der Waals surface area contributed by atoms with E-state index in [1.165, 1.54) is 11.8 Å². The molecule has 0 bridgehead atoms. The number of aromatic amines is 1. The summed E-state index contributed by atoms with van der Waals surface area (Å²) in [6.45, 7) is 3.83. The van der Waals surface area contributed by atoms with Crippen molar-refractivity contribution in [1.29, 1.82) is 0 Å². The van der Waals surface area contributed by atoms with Gasteiger partial charge in [0.2, 0.25) is 11.1 Å². The molecular weight excluding hydrogens is 430 g/mol. The number of aromatic nitrogens is 6. The van der Waals surface area contributed by atoms with Crippen molar-refractivity contribution in [3.8, 4) is 10.7 Å². The molecule has 1 amide bonds. The van der Waals surface area contributed by atoms with Gasteiger partial charge in [-0.2, -0.15) is 4.98 Å². The van der Waals surface area contributed by atoms with E-state index in [4.69, 9.17) is 0 Å². The second-order valence-electron chi connectivity index (χ2n) is 7.09. The standard InChI is InChI=1S/C21H19N7OS2/c1-11-14(12(2)28-20(22-11)26-21(27-28)30-3)10-18(29)23-13-6-7-15-16(9-13)25-19(24-15)17-5-4-8-31-17/h4-9H,10H2,1-3H3,(H,23,29)(H,24,25). The Balaban J connectivity index is 1.38. The average Bonchev–Trinajstić information content (AvgIpc) is 3.49. The molecule has 0 radical (unpaired) electrons. The highest BCUT2D eigenvalue weighted by molar-refractivity contribution is 7.98. The zero-order valence-electron chi connectivity index (χ0n) is 17.1. The lowest BCUT2D eigenvalue weighted by molar-refractivity contribution is -0.115. The minimum atomic E-state index is -0.116. The maximum absolute atomic E-state index is 12.8. The molecule has 0 fully saturated rings. The number of imidazole rings is 1. The molecule has 0 saturated heterocycles. The van der Waals surface area contributed by atoms with Gasteiger partial charge in [0, 0.05) is 22.6 Å². The molecule has 10 heteroatoms. The van der Waals surface area contributed by atoms with E-state index in [1.807, 2.05) is 55.8 Å². The minimum absolute atomic E-state index is 0.116. The Morgan fingerprint density at radius 2 is 2.10 bits per heavy atom. The normalized spacial score (nSPS) is 11.5. The number of H-pyrrole nitrogens is 1. The molecule has 0 atom stereocenters. The molecule has 5 aromatic rings. The summed E-state index contributed by atoms with van der Waals surface area (Å²) in [5.41, 5.74) is 4.96. The van der Waals surface area contributed by atoms with Crippen LogP contribution in [-0.2, 0) is 11.2 Å². The van der Waals surface area contributed by atoms with Crippen LogP contribution in [0.5, 0.6) is 0 Å². The number of thioether (sulfide) groups is 1. The third-order valence-corrected chi connectivity index (χ3v) is 6.48. The number of aryl methyl sites for hydroxylation is 2. The first kappa shape index (κ1) is 19.7. The minimum Gasteiger partial charge on any atom is -0.337 e. The Morgan fingerprint density at radius 3 is 2.87 bits per heavy atom. The Bertz CT molecular complexity index is 1420. The summed E-state index contributed by atoms with van der Waals surface area (Å²) in [6.07, 6.45) is 2.13. The highest BCUT2D eigenvalue weighted by atomic mass is 32.2. The van der Waals surface area contributed by atoms with Crippen molar-refractivity contribution in [2.45, 2.75) is 25.4 Å². The predicted molar refractivity (Wildman–Crippen MR) is 124 cm³/mol. The van der Waals surface area contributed by atoms with Crippen LogP contribution in [0.15, 0.2) is 40.9 Å². The van der Waals surface area contributed by atoms with Crippen molar-refractivity contribution < 1.29 is 4.79 Å². The van der Waals surface area contributed by atoms with Crippen molar-refractivity contribution in [2.24, 2.45) is 0 Å². The summed E-state index contributed by atoms with van der Waals surface area (Å²) in [4.78, 5) is 30.7. The number of hydrogen-bond acceptors (Lipinski definition) is 7. The molecule has 0 spiro atoms. The highest BCUT2D eigenvalue weighted by Crippen LogP contribution is 2.26. The summed E-state index contributed by atoms with van der Waals surface area (Å²) in [5.74, 6) is 1.26. The van der Waals surface area contributed by atoms with Gasteiger partial charge < -0.3 is 10.3 Å². The van der Waals surface area contributed by atoms with Gasteiger partial charge in [0.1, 0.15) is 5.82 Å². The smallest absolute Gasteiger partial charge is 0.253 e. The molecule has 0 saturated carbocycles. The molecule has 0 aliphatic rings. The van der Waals surface area contributed by atoms with Gasteiger partial charge in [0.25, 0.3) is 5.78 Å². The number of thiophene rings is 1. The zero-order chi connectivity index (χ0) is 21.5. The number of nitrogens with zero attached hydrogens (tertiary/aromatic N) is 5. The summed E-state index contributed by atoms with van der Waals surface area (Å²) in [5, 5.41) is 10.1. The van der Waals surface area contributed by atoms with Gasteiger partial charge >= 0.3 is 0 Å². The van der Waals surface area contributed by atoms with Gasteiger partial charge in [-0.15, -0.1) is 16.4 Å². The Kier molecular flexibility index (Phi) is 4.95. The Labute approximate surface area is 186 Å². The second-order valence-corrected chi connectivity index (χ2v) is 8.81. The molecule has 31 heavy (non-hydrogen) atoms. The third-order valence-electron chi connectivity index (χ3n) is 5.07. The lowest BCUT2D eigenvalue weighted by atomic mass is 10.1. The van der Waals surface area contributed by atoms with E-state index in [2.05, 4.69) is 30.4 Å². The molecule has 0 aliphatic heterocycles. The van der Waals surface area contributed by atoms with Crippen LogP contribution in [0, 0.1) is 13.8 Å². The number of carbonyl (C=O) groups is 1. The molecule has 5 rings (SSSR count). The molecule has 1 aromatic carbocycles. The number of amides is 1. The first-order valence-electron chi connectivity index (χ1n) is 9.62. The van der Waals surface area contributed by atoms with Crippen molar-refractivity contribution in [2.75, 3.05) is 11.6 Å². The molecule has 156 valence electrons. The van der Waals surface area contributed by atoms with Crippen LogP contribution < -0.4 is 5.32 Å². The summed E-state index contributed by atoms with van der Waals surface area (Å²) in [7, 11) is 0. The van der Waals surface area contributed by atoms with Crippen LogP contribution in [-0.4, -0.2) is 41.7 Å². The van der Waals surface area contributed by atoms with E-state index >= 15 is 0 Å².